The minimum atomic E-state index is 0.653. The van der Waals surface area contributed by atoms with Crippen molar-refractivity contribution in [2.24, 2.45) is 0 Å². The molecule has 0 aliphatic carbocycles. The fourth-order valence-electron chi connectivity index (χ4n) is 1.61. The van der Waals surface area contributed by atoms with E-state index in [1.165, 1.54) is 5.56 Å². The molecule has 2 rings (SSSR count). The SMILES string of the molecule is CNCc1nnnn1-c1cc(C)ccc1C. The second-order valence-electron chi connectivity index (χ2n) is 3.83. The van der Waals surface area contributed by atoms with Crippen molar-refractivity contribution in [2.45, 2.75) is 20.4 Å². The van der Waals surface area contributed by atoms with Crippen LogP contribution < -0.4 is 5.32 Å². The van der Waals surface area contributed by atoms with Gasteiger partial charge in [0.15, 0.2) is 5.82 Å². The fourth-order valence-corrected chi connectivity index (χ4v) is 1.61. The Balaban J connectivity index is 2.49. The summed E-state index contributed by atoms with van der Waals surface area (Å²) in [5.74, 6) is 0.816. The number of hydrogen-bond donors (Lipinski definition) is 1. The third-order valence-corrected chi connectivity index (χ3v) is 2.46. The zero-order valence-electron chi connectivity index (χ0n) is 9.73. The van der Waals surface area contributed by atoms with Gasteiger partial charge in [-0.15, -0.1) is 5.10 Å². The van der Waals surface area contributed by atoms with Crippen molar-refractivity contribution in [3.63, 3.8) is 0 Å². The van der Waals surface area contributed by atoms with Crippen molar-refractivity contribution in [1.29, 1.82) is 0 Å². The smallest absolute Gasteiger partial charge is 0.170 e. The van der Waals surface area contributed by atoms with Crippen molar-refractivity contribution < 1.29 is 0 Å². The van der Waals surface area contributed by atoms with E-state index < -0.39 is 0 Å². The molecule has 0 spiro atoms. The molecule has 0 unspecified atom stereocenters. The van der Waals surface area contributed by atoms with Crippen molar-refractivity contribution in [3.05, 3.63) is 35.2 Å². The minimum absolute atomic E-state index is 0.653. The van der Waals surface area contributed by atoms with Gasteiger partial charge in [0.1, 0.15) is 0 Å². The highest BCUT2D eigenvalue weighted by atomic mass is 15.5. The van der Waals surface area contributed by atoms with Gasteiger partial charge in [0.05, 0.1) is 12.2 Å². The maximum absolute atomic E-state index is 4.02. The molecule has 0 saturated heterocycles. The van der Waals surface area contributed by atoms with Gasteiger partial charge >= 0.3 is 0 Å². The first-order valence-electron chi connectivity index (χ1n) is 5.22. The largest absolute Gasteiger partial charge is 0.313 e. The van der Waals surface area contributed by atoms with Crippen molar-refractivity contribution in [1.82, 2.24) is 25.5 Å². The molecule has 0 amide bonds. The third-order valence-electron chi connectivity index (χ3n) is 2.46. The van der Waals surface area contributed by atoms with Gasteiger partial charge in [-0.25, -0.2) is 0 Å². The van der Waals surface area contributed by atoms with E-state index in [2.05, 4.69) is 52.9 Å². The molecule has 0 aliphatic heterocycles. The number of nitrogens with zero attached hydrogens (tertiary/aromatic N) is 4. The predicted octanol–water partition coefficient (Wildman–Crippen LogP) is 0.999. The van der Waals surface area contributed by atoms with E-state index in [4.69, 9.17) is 0 Å². The van der Waals surface area contributed by atoms with E-state index in [1.807, 2.05) is 7.05 Å². The molecule has 0 atom stereocenters. The zero-order chi connectivity index (χ0) is 11.5. The van der Waals surface area contributed by atoms with Gasteiger partial charge in [-0.2, -0.15) is 4.68 Å². The van der Waals surface area contributed by atoms with Crippen molar-refractivity contribution in [3.8, 4) is 5.69 Å². The molecule has 0 aliphatic rings. The lowest BCUT2D eigenvalue weighted by Crippen LogP contribution is -2.13. The van der Waals surface area contributed by atoms with Crippen LogP contribution in [-0.2, 0) is 6.54 Å². The van der Waals surface area contributed by atoms with Gasteiger partial charge in [-0.3, -0.25) is 0 Å². The summed E-state index contributed by atoms with van der Waals surface area (Å²) >= 11 is 0. The third kappa shape index (κ3) is 1.94. The highest BCUT2D eigenvalue weighted by Crippen LogP contribution is 2.15. The van der Waals surface area contributed by atoms with Crippen LogP contribution in [0.5, 0.6) is 0 Å². The van der Waals surface area contributed by atoms with Crippen LogP contribution in [0, 0.1) is 13.8 Å². The molecule has 16 heavy (non-hydrogen) atoms. The topological polar surface area (TPSA) is 55.6 Å². The second kappa shape index (κ2) is 4.40. The van der Waals surface area contributed by atoms with Gasteiger partial charge < -0.3 is 5.32 Å². The second-order valence-corrected chi connectivity index (χ2v) is 3.83. The summed E-state index contributed by atoms with van der Waals surface area (Å²) in [5, 5.41) is 14.8. The van der Waals surface area contributed by atoms with Crippen LogP contribution in [0.4, 0.5) is 0 Å². The Kier molecular flexibility index (Phi) is 2.96. The predicted molar refractivity (Wildman–Crippen MR) is 61.4 cm³/mol. The molecule has 2 aromatic rings. The Morgan fingerprint density at radius 1 is 1.31 bits per heavy atom. The number of benzene rings is 1. The molecule has 1 N–H and O–H groups in total. The lowest BCUT2D eigenvalue weighted by atomic mass is 10.1. The molecule has 5 heteroatoms. The summed E-state index contributed by atoms with van der Waals surface area (Å²) < 4.78 is 1.78. The number of aryl methyl sites for hydroxylation is 2. The first-order chi connectivity index (χ1) is 7.72. The molecule has 0 saturated carbocycles. The van der Waals surface area contributed by atoms with Crippen LogP contribution in [0.15, 0.2) is 18.2 Å². The lowest BCUT2D eigenvalue weighted by molar-refractivity contribution is 0.706. The number of nitrogens with one attached hydrogen (secondary N) is 1. The summed E-state index contributed by atoms with van der Waals surface area (Å²) in [4.78, 5) is 0. The zero-order valence-corrected chi connectivity index (χ0v) is 9.73. The summed E-state index contributed by atoms with van der Waals surface area (Å²) in [6.07, 6.45) is 0. The minimum Gasteiger partial charge on any atom is -0.313 e. The molecule has 0 bridgehead atoms. The molecule has 0 radical (unpaired) electrons. The molecule has 1 heterocycles. The molecule has 5 nitrogen and oxygen atoms in total. The number of tetrazole rings is 1. The van der Waals surface area contributed by atoms with E-state index in [0.717, 1.165) is 17.1 Å². The van der Waals surface area contributed by atoms with Crippen LogP contribution in [0.25, 0.3) is 5.69 Å². The molecule has 0 fully saturated rings. The molecule has 1 aromatic carbocycles. The molecular formula is C11H15N5. The van der Waals surface area contributed by atoms with E-state index in [0.29, 0.717) is 6.54 Å². The van der Waals surface area contributed by atoms with E-state index >= 15 is 0 Å². The maximum Gasteiger partial charge on any atom is 0.170 e. The van der Waals surface area contributed by atoms with Gasteiger partial charge in [0, 0.05) is 0 Å². The summed E-state index contributed by atoms with van der Waals surface area (Å²) in [6, 6.07) is 6.25. The quantitative estimate of drug-likeness (QED) is 0.833. The van der Waals surface area contributed by atoms with Gasteiger partial charge in [-0.05, 0) is 48.5 Å². The average Bonchev–Trinajstić information content (AvgIpc) is 2.70. The summed E-state index contributed by atoms with van der Waals surface area (Å²) in [6.45, 7) is 4.77. The number of aromatic nitrogens is 4. The fraction of sp³-hybridized carbons (Fsp3) is 0.364. The Labute approximate surface area is 94.5 Å². The average molecular weight is 217 g/mol. The highest BCUT2D eigenvalue weighted by molar-refractivity contribution is 5.42. The van der Waals surface area contributed by atoms with Gasteiger partial charge in [0.2, 0.25) is 0 Å². The van der Waals surface area contributed by atoms with Gasteiger partial charge in [-0.1, -0.05) is 12.1 Å². The van der Waals surface area contributed by atoms with E-state index in [9.17, 15) is 0 Å². The van der Waals surface area contributed by atoms with Crippen molar-refractivity contribution >= 4 is 0 Å². The highest BCUT2D eigenvalue weighted by Gasteiger charge is 2.09. The van der Waals surface area contributed by atoms with E-state index in [1.54, 1.807) is 4.68 Å². The van der Waals surface area contributed by atoms with Crippen LogP contribution in [0.2, 0.25) is 0 Å². The normalized spacial score (nSPS) is 10.7. The molecule has 84 valence electrons. The molecule has 1 aromatic heterocycles. The monoisotopic (exact) mass is 217 g/mol. The maximum atomic E-state index is 4.02. The first-order valence-corrected chi connectivity index (χ1v) is 5.22. The van der Waals surface area contributed by atoms with E-state index in [-0.39, 0.29) is 0 Å². The Morgan fingerprint density at radius 3 is 2.88 bits per heavy atom. The van der Waals surface area contributed by atoms with Crippen molar-refractivity contribution in [2.75, 3.05) is 7.05 Å². The summed E-state index contributed by atoms with van der Waals surface area (Å²) in [5.41, 5.74) is 3.40. The first kappa shape index (κ1) is 10.8. The summed E-state index contributed by atoms with van der Waals surface area (Å²) in [7, 11) is 1.88. The Morgan fingerprint density at radius 2 is 2.12 bits per heavy atom. The van der Waals surface area contributed by atoms with Gasteiger partial charge in [0.25, 0.3) is 0 Å². The number of hydrogen-bond acceptors (Lipinski definition) is 4. The van der Waals surface area contributed by atoms with Crippen LogP contribution in [-0.4, -0.2) is 27.3 Å². The Hall–Kier alpha value is -1.75. The van der Waals surface area contributed by atoms with Crippen LogP contribution in [0.3, 0.4) is 0 Å². The lowest BCUT2D eigenvalue weighted by Gasteiger charge is -2.08. The standard InChI is InChI=1S/C11H15N5/c1-8-4-5-9(2)10(6-8)16-11(7-12-3)13-14-15-16/h4-6,12H,7H2,1-3H3. The Bertz CT molecular complexity index is 489. The number of rotatable bonds is 3. The molecular weight excluding hydrogens is 202 g/mol. The van der Waals surface area contributed by atoms with Crippen LogP contribution in [0.1, 0.15) is 17.0 Å². The van der Waals surface area contributed by atoms with Crippen LogP contribution >= 0.6 is 0 Å².